The lowest BCUT2D eigenvalue weighted by atomic mass is 9.78. The number of rotatable bonds is 6. The molecule has 4 heteroatoms. The molecule has 1 aliphatic rings. The van der Waals surface area contributed by atoms with Gasteiger partial charge in [-0.1, -0.05) is 13.3 Å². The third-order valence-electron chi connectivity index (χ3n) is 3.51. The van der Waals surface area contributed by atoms with Gasteiger partial charge < -0.3 is 15.6 Å². The van der Waals surface area contributed by atoms with Gasteiger partial charge in [0.05, 0.1) is 17.6 Å². The Bertz CT molecular complexity index is 244. The molecule has 1 aliphatic heterocycles. The lowest BCUT2D eigenvalue weighted by Gasteiger charge is -2.30. The Balaban J connectivity index is 2.65. The van der Waals surface area contributed by atoms with Gasteiger partial charge in [0, 0.05) is 6.54 Å². The topological polar surface area (TPSA) is 72.5 Å². The molecule has 0 amide bonds. The Hall–Kier alpha value is -0.610. The molecule has 1 heterocycles. The first-order valence-electron chi connectivity index (χ1n) is 6.13. The lowest BCUT2D eigenvalue weighted by Crippen LogP contribution is -2.41. The number of carboxylic acid groups (broad SMARTS) is 1. The Morgan fingerprint density at radius 3 is 2.62 bits per heavy atom. The number of carboxylic acids is 1. The number of hydrogen-bond donors (Lipinski definition) is 2. The van der Waals surface area contributed by atoms with E-state index in [1.165, 1.54) is 0 Å². The Morgan fingerprint density at radius 1 is 1.56 bits per heavy atom. The summed E-state index contributed by atoms with van der Waals surface area (Å²) in [6.07, 6.45) is 4.34. The highest BCUT2D eigenvalue weighted by molar-refractivity contribution is 5.75. The second-order valence-corrected chi connectivity index (χ2v) is 4.89. The minimum absolute atomic E-state index is 0.0706. The lowest BCUT2D eigenvalue weighted by molar-refractivity contribution is -0.151. The highest BCUT2D eigenvalue weighted by Gasteiger charge is 2.40. The molecule has 1 rings (SSSR count). The highest BCUT2D eigenvalue weighted by atomic mass is 16.5. The van der Waals surface area contributed by atoms with Gasteiger partial charge in [-0.25, -0.2) is 0 Å². The van der Waals surface area contributed by atoms with Gasteiger partial charge >= 0.3 is 5.97 Å². The fourth-order valence-electron chi connectivity index (χ4n) is 2.52. The molecular weight excluding hydrogens is 206 g/mol. The third kappa shape index (κ3) is 2.95. The van der Waals surface area contributed by atoms with Crippen LogP contribution in [0.15, 0.2) is 0 Å². The number of ether oxygens (including phenoxy) is 1. The first-order valence-corrected chi connectivity index (χ1v) is 6.13. The highest BCUT2D eigenvalue weighted by Crippen LogP contribution is 2.34. The van der Waals surface area contributed by atoms with Crippen LogP contribution in [0.4, 0.5) is 0 Å². The van der Waals surface area contributed by atoms with Crippen LogP contribution in [-0.2, 0) is 9.53 Å². The number of hydrogen-bond acceptors (Lipinski definition) is 3. The van der Waals surface area contributed by atoms with Crippen molar-refractivity contribution in [3.8, 4) is 0 Å². The van der Waals surface area contributed by atoms with Crippen LogP contribution in [0.3, 0.4) is 0 Å². The molecule has 0 saturated carbocycles. The smallest absolute Gasteiger partial charge is 0.311 e. The molecule has 94 valence electrons. The van der Waals surface area contributed by atoms with E-state index in [1.807, 2.05) is 13.8 Å². The summed E-state index contributed by atoms with van der Waals surface area (Å²) < 4.78 is 5.70. The molecule has 0 aliphatic carbocycles. The van der Waals surface area contributed by atoms with Crippen molar-refractivity contribution in [2.45, 2.75) is 58.2 Å². The Labute approximate surface area is 97.2 Å². The molecule has 0 aromatic carbocycles. The summed E-state index contributed by atoms with van der Waals surface area (Å²) in [4.78, 5) is 11.4. The monoisotopic (exact) mass is 229 g/mol. The molecule has 1 saturated heterocycles. The van der Waals surface area contributed by atoms with Crippen molar-refractivity contribution in [2.24, 2.45) is 11.1 Å². The van der Waals surface area contributed by atoms with Crippen LogP contribution in [0.5, 0.6) is 0 Å². The van der Waals surface area contributed by atoms with Crippen molar-refractivity contribution in [2.75, 3.05) is 6.54 Å². The first-order chi connectivity index (χ1) is 7.54. The summed E-state index contributed by atoms with van der Waals surface area (Å²) in [6.45, 7) is 4.22. The van der Waals surface area contributed by atoms with Crippen molar-refractivity contribution >= 4 is 5.97 Å². The SMILES string of the molecule is CCCC(CN)(CC1CCC(C)O1)C(=O)O. The van der Waals surface area contributed by atoms with Crippen molar-refractivity contribution in [1.82, 2.24) is 0 Å². The molecule has 0 radical (unpaired) electrons. The zero-order chi connectivity index (χ0) is 12.2. The second-order valence-electron chi connectivity index (χ2n) is 4.89. The van der Waals surface area contributed by atoms with Gasteiger partial charge in [0.1, 0.15) is 0 Å². The summed E-state index contributed by atoms with van der Waals surface area (Å²) in [7, 11) is 0. The van der Waals surface area contributed by atoms with Crippen LogP contribution in [0.25, 0.3) is 0 Å². The summed E-state index contributed by atoms with van der Waals surface area (Å²) >= 11 is 0. The molecule has 16 heavy (non-hydrogen) atoms. The van der Waals surface area contributed by atoms with Crippen molar-refractivity contribution in [1.29, 1.82) is 0 Å². The van der Waals surface area contributed by atoms with Crippen LogP contribution < -0.4 is 5.73 Å². The Kier molecular flexibility index (Phi) is 4.74. The standard InChI is InChI=1S/C12H23NO3/c1-3-6-12(8-13,11(14)15)7-10-5-4-9(2)16-10/h9-10H,3-8,13H2,1-2H3,(H,14,15). The summed E-state index contributed by atoms with van der Waals surface area (Å²) in [6, 6.07) is 0. The molecule has 3 atom stereocenters. The summed E-state index contributed by atoms with van der Waals surface area (Å²) in [5, 5.41) is 9.35. The predicted molar refractivity (Wildman–Crippen MR) is 62.2 cm³/mol. The third-order valence-corrected chi connectivity index (χ3v) is 3.51. The minimum atomic E-state index is -0.788. The quantitative estimate of drug-likeness (QED) is 0.728. The zero-order valence-electron chi connectivity index (χ0n) is 10.2. The normalized spacial score (nSPS) is 28.9. The largest absolute Gasteiger partial charge is 0.481 e. The van der Waals surface area contributed by atoms with Gasteiger partial charge in [-0.3, -0.25) is 4.79 Å². The van der Waals surface area contributed by atoms with Gasteiger partial charge in [-0.15, -0.1) is 0 Å². The van der Waals surface area contributed by atoms with Crippen LogP contribution in [0.1, 0.15) is 46.0 Å². The molecule has 3 N–H and O–H groups in total. The molecule has 0 bridgehead atoms. The average molecular weight is 229 g/mol. The van der Waals surface area contributed by atoms with Gasteiger partial charge in [-0.2, -0.15) is 0 Å². The van der Waals surface area contributed by atoms with E-state index in [0.29, 0.717) is 12.8 Å². The van der Waals surface area contributed by atoms with Crippen LogP contribution in [0, 0.1) is 5.41 Å². The van der Waals surface area contributed by atoms with E-state index < -0.39 is 11.4 Å². The summed E-state index contributed by atoms with van der Waals surface area (Å²) in [5.74, 6) is -0.778. The molecule has 0 aromatic rings. The molecule has 0 spiro atoms. The van der Waals surface area contributed by atoms with Gasteiger partial charge in [-0.05, 0) is 32.6 Å². The van der Waals surface area contributed by atoms with Crippen molar-refractivity contribution in [3.05, 3.63) is 0 Å². The molecule has 0 aromatic heterocycles. The van der Waals surface area contributed by atoms with Gasteiger partial charge in [0.15, 0.2) is 0 Å². The second kappa shape index (κ2) is 5.64. The van der Waals surface area contributed by atoms with Crippen molar-refractivity contribution in [3.63, 3.8) is 0 Å². The van der Waals surface area contributed by atoms with E-state index in [-0.39, 0.29) is 18.8 Å². The van der Waals surface area contributed by atoms with E-state index in [9.17, 15) is 9.90 Å². The fraction of sp³-hybridized carbons (Fsp3) is 0.917. The van der Waals surface area contributed by atoms with Crippen LogP contribution in [0.2, 0.25) is 0 Å². The van der Waals surface area contributed by atoms with E-state index >= 15 is 0 Å². The zero-order valence-corrected chi connectivity index (χ0v) is 10.2. The predicted octanol–water partition coefficient (Wildman–Crippen LogP) is 1.77. The van der Waals surface area contributed by atoms with E-state index in [0.717, 1.165) is 19.3 Å². The van der Waals surface area contributed by atoms with Gasteiger partial charge in [0.2, 0.25) is 0 Å². The molecule has 4 nitrogen and oxygen atoms in total. The average Bonchev–Trinajstić information content (AvgIpc) is 2.63. The van der Waals surface area contributed by atoms with Gasteiger partial charge in [0.25, 0.3) is 0 Å². The van der Waals surface area contributed by atoms with E-state index in [1.54, 1.807) is 0 Å². The number of carbonyl (C=O) groups is 1. The molecular formula is C12H23NO3. The van der Waals surface area contributed by atoms with Crippen LogP contribution in [-0.4, -0.2) is 29.8 Å². The minimum Gasteiger partial charge on any atom is -0.481 e. The summed E-state index contributed by atoms with van der Waals surface area (Å²) in [5.41, 5.74) is 4.88. The van der Waals surface area contributed by atoms with Crippen molar-refractivity contribution < 1.29 is 14.6 Å². The molecule has 3 unspecified atom stereocenters. The van der Waals surface area contributed by atoms with E-state index in [4.69, 9.17) is 10.5 Å². The van der Waals surface area contributed by atoms with E-state index in [2.05, 4.69) is 0 Å². The maximum atomic E-state index is 11.4. The van der Waals surface area contributed by atoms with Crippen LogP contribution >= 0.6 is 0 Å². The maximum absolute atomic E-state index is 11.4. The fourth-order valence-corrected chi connectivity index (χ4v) is 2.52. The number of aliphatic carboxylic acids is 1. The number of nitrogens with two attached hydrogens (primary N) is 1. The first kappa shape index (κ1) is 13.5. The Morgan fingerprint density at radius 2 is 2.25 bits per heavy atom. The maximum Gasteiger partial charge on any atom is 0.311 e. The molecule has 1 fully saturated rings.